The number of unbranched alkanes of at least 4 members (excludes halogenated alkanes) is 6. The molecule has 4 aromatic rings. The number of anilines is 3. The summed E-state index contributed by atoms with van der Waals surface area (Å²) in [6, 6.07) is 17.2. The maximum Gasteiger partial charge on any atom is 0.417 e. The highest BCUT2D eigenvalue weighted by Crippen LogP contribution is 2.36. The van der Waals surface area contributed by atoms with Crippen LogP contribution in [0.4, 0.5) is 35.0 Å². The molecule has 0 atom stereocenters. The molecule has 0 aliphatic heterocycles. The average Bonchev–Trinajstić information content (AvgIpc) is 3.36. The first-order valence-electron chi connectivity index (χ1n) is 14.1. The fourth-order valence-corrected chi connectivity index (χ4v) is 4.96. The minimum Gasteiger partial charge on any atom is -0.326 e. The zero-order chi connectivity index (χ0) is 30.1. The number of hydrogen-bond acceptors (Lipinski definition) is 2. The molecule has 222 valence electrons. The van der Waals surface area contributed by atoms with E-state index in [0.29, 0.717) is 12.1 Å². The van der Waals surface area contributed by atoms with Gasteiger partial charge in [0.05, 0.1) is 16.1 Å². The second-order valence-corrected chi connectivity index (χ2v) is 10.6. The van der Waals surface area contributed by atoms with Crippen LogP contribution >= 0.6 is 11.6 Å². The van der Waals surface area contributed by atoms with Crippen LogP contribution in [0.5, 0.6) is 0 Å². The lowest BCUT2D eigenvalue weighted by atomic mass is 10.1. The SMILES string of the molecule is CCCCCCCCCC(=O)Nc1ccc2c(ccn2-c2ccc(NC(=O)Nc3ccc(Cl)c(C(F)(F)F)c3)cc2)c1. The number of benzene rings is 3. The Bertz CT molecular complexity index is 1520. The van der Waals surface area contributed by atoms with E-state index in [9.17, 15) is 22.8 Å². The summed E-state index contributed by atoms with van der Waals surface area (Å²) in [4.78, 5) is 24.8. The van der Waals surface area contributed by atoms with E-state index < -0.39 is 22.8 Å². The van der Waals surface area contributed by atoms with Crippen molar-refractivity contribution >= 4 is 51.5 Å². The van der Waals surface area contributed by atoms with Crippen molar-refractivity contribution in [3.63, 3.8) is 0 Å². The molecular weight excluding hydrogens is 565 g/mol. The van der Waals surface area contributed by atoms with E-state index in [4.69, 9.17) is 11.6 Å². The summed E-state index contributed by atoms with van der Waals surface area (Å²) >= 11 is 5.64. The van der Waals surface area contributed by atoms with Gasteiger partial charge in [0.25, 0.3) is 0 Å². The zero-order valence-electron chi connectivity index (χ0n) is 23.4. The van der Waals surface area contributed by atoms with Crippen LogP contribution < -0.4 is 16.0 Å². The monoisotopic (exact) mass is 598 g/mol. The second-order valence-electron chi connectivity index (χ2n) is 10.2. The number of nitrogens with zero attached hydrogens (tertiary/aromatic N) is 1. The molecule has 0 aliphatic carbocycles. The number of hydrogen-bond donors (Lipinski definition) is 3. The molecule has 0 unspecified atom stereocenters. The summed E-state index contributed by atoms with van der Waals surface area (Å²) in [5.74, 6) is 0.0197. The lowest BCUT2D eigenvalue weighted by Gasteiger charge is -2.13. The fourth-order valence-electron chi connectivity index (χ4n) is 4.73. The predicted molar refractivity (Wildman–Crippen MR) is 164 cm³/mol. The normalized spacial score (nSPS) is 11.5. The van der Waals surface area contributed by atoms with Crippen LogP contribution in [0.3, 0.4) is 0 Å². The number of aromatic nitrogens is 1. The largest absolute Gasteiger partial charge is 0.417 e. The van der Waals surface area contributed by atoms with E-state index in [1.54, 1.807) is 12.1 Å². The number of urea groups is 1. The van der Waals surface area contributed by atoms with E-state index in [-0.39, 0.29) is 11.6 Å². The third-order valence-corrected chi connectivity index (χ3v) is 7.24. The van der Waals surface area contributed by atoms with Gasteiger partial charge in [0.1, 0.15) is 0 Å². The van der Waals surface area contributed by atoms with Gasteiger partial charge in [-0.1, -0.05) is 57.0 Å². The minimum atomic E-state index is -4.63. The highest BCUT2D eigenvalue weighted by molar-refractivity contribution is 6.31. The molecule has 0 aliphatic rings. The van der Waals surface area contributed by atoms with Gasteiger partial charge in [-0.05, 0) is 73.2 Å². The van der Waals surface area contributed by atoms with Crippen molar-refractivity contribution in [2.45, 2.75) is 64.5 Å². The Morgan fingerprint density at radius 3 is 2.10 bits per heavy atom. The molecule has 3 N–H and O–H groups in total. The molecule has 4 rings (SSSR count). The molecule has 6 nitrogen and oxygen atoms in total. The summed E-state index contributed by atoms with van der Waals surface area (Å²) in [5, 5.41) is 8.52. The Balaban J connectivity index is 1.32. The molecule has 0 bridgehead atoms. The van der Waals surface area contributed by atoms with Gasteiger partial charge in [0.2, 0.25) is 5.91 Å². The van der Waals surface area contributed by atoms with Gasteiger partial charge < -0.3 is 20.5 Å². The summed E-state index contributed by atoms with van der Waals surface area (Å²) in [6.07, 6.45) is 5.94. The Kier molecular flexibility index (Phi) is 10.5. The molecule has 3 aromatic carbocycles. The zero-order valence-corrected chi connectivity index (χ0v) is 24.1. The molecule has 0 radical (unpaired) electrons. The number of alkyl halides is 3. The van der Waals surface area contributed by atoms with Crippen LogP contribution in [0, 0.1) is 0 Å². The average molecular weight is 599 g/mol. The minimum absolute atomic E-state index is 0.0197. The molecule has 3 amide bonds. The molecule has 1 aromatic heterocycles. The molecule has 10 heteroatoms. The van der Waals surface area contributed by atoms with E-state index in [2.05, 4.69) is 22.9 Å². The van der Waals surface area contributed by atoms with E-state index in [1.165, 1.54) is 38.2 Å². The molecule has 0 saturated carbocycles. The maximum atomic E-state index is 13.1. The summed E-state index contributed by atoms with van der Waals surface area (Å²) in [7, 11) is 0. The van der Waals surface area contributed by atoms with Crippen molar-refractivity contribution in [3.8, 4) is 5.69 Å². The lowest BCUT2D eigenvalue weighted by Crippen LogP contribution is -2.20. The smallest absolute Gasteiger partial charge is 0.326 e. The highest BCUT2D eigenvalue weighted by atomic mass is 35.5. The third-order valence-electron chi connectivity index (χ3n) is 6.91. The van der Waals surface area contributed by atoms with Crippen molar-refractivity contribution < 1.29 is 22.8 Å². The Hall–Kier alpha value is -3.98. The number of fused-ring (bicyclic) bond motifs is 1. The van der Waals surface area contributed by atoms with Crippen molar-refractivity contribution in [3.05, 3.63) is 83.5 Å². The molecule has 0 fully saturated rings. The lowest BCUT2D eigenvalue weighted by molar-refractivity contribution is -0.137. The summed E-state index contributed by atoms with van der Waals surface area (Å²) in [5.41, 5.74) is 1.95. The Morgan fingerprint density at radius 2 is 1.38 bits per heavy atom. The summed E-state index contributed by atoms with van der Waals surface area (Å²) in [6.45, 7) is 2.20. The third kappa shape index (κ3) is 8.52. The summed E-state index contributed by atoms with van der Waals surface area (Å²) < 4.78 is 41.3. The van der Waals surface area contributed by atoms with Crippen LogP contribution in [0.2, 0.25) is 5.02 Å². The van der Waals surface area contributed by atoms with Crippen molar-refractivity contribution in [2.24, 2.45) is 0 Å². The first-order chi connectivity index (χ1) is 20.1. The van der Waals surface area contributed by atoms with Crippen LogP contribution in [-0.2, 0) is 11.0 Å². The number of rotatable bonds is 12. The molecule has 0 saturated heterocycles. The first kappa shape index (κ1) is 31.0. The number of carbonyl (C=O) groups is 2. The van der Waals surface area contributed by atoms with Gasteiger partial charge in [-0.25, -0.2) is 4.79 Å². The highest BCUT2D eigenvalue weighted by Gasteiger charge is 2.33. The van der Waals surface area contributed by atoms with Gasteiger partial charge in [0.15, 0.2) is 0 Å². The van der Waals surface area contributed by atoms with Gasteiger partial charge in [-0.2, -0.15) is 13.2 Å². The molecule has 1 heterocycles. The first-order valence-corrected chi connectivity index (χ1v) is 14.5. The van der Waals surface area contributed by atoms with Crippen molar-refractivity contribution in [2.75, 3.05) is 16.0 Å². The van der Waals surface area contributed by atoms with Gasteiger partial charge >= 0.3 is 12.2 Å². The maximum absolute atomic E-state index is 13.1. The standard InChI is InChI=1S/C32H34ClF3N4O2/c1-2-3-4-5-6-7-8-9-30(41)37-24-13-17-29-22(20-24)18-19-40(29)26-14-10-23(11-15-26)38-31(42)39-25-12-16-28(33)27(21-25)32(34,35)36/h10-21H,2-9H2,1H3,(H,37,41)(H2,38,39,42). The quantitative estimate of drug-likeness (QED) is 0.142. The van der Waals surface area contributed by atoms with Gasteiger partial charge in [0, 0.05) is 40.8 Å². The van der Waals surface area contributed by atoms with Crippen molar-refractivity contribution in [1.29, 1.82) is 0 Å². The van der Waals surface area contributed by atoms with Crippen LogP contribution in [0.15, 0.2) is 72.9 Å². The predicted octanol–water partition coefficient (Wildman–Crippen LogP) is 10.0. The van der Waals surface area contributed by atoms with E-state index in [1.807, 2.05) is 47.2 Å². The van der Waals surface area contributed by atoms with E-state index >= 15 is 0 Å². The van der Waals surface area contributed by atoms with Gasteiger partial charge in [-0.15, -0.1) is 0 Å². The van der Waals surface area contributed by atoms with Crippen LogP contribution in [-0.4, -0.2) is 16.5 Å². The number of nitrogens with one attached hydrogen (secondary N) is 3. The van der Waals surface area contributed by atoms with Gasteiger partial charge in [-0.3, -0.25) is 4.79 Å². The topological polar surface area (TPSA) is 75.2 Å². The van der Waals surface area contributed by atoms with Crippen molar-refractivity contribution in [1.82, 2.24) is 4.57 Å². The van der Waals surface area contributed by atoms with E-state index in [0.717, 1.165) is 47.3 Å². The molecular formula is C32H34ClF3N4O2. The number of amides is 3. The molecule has 42 heavy (non-hydrogen) atoms. The molecule has 0 spiro atoms. The van der Waals surface area contributed by atoms with Crippen LogP contribution in [0.25, 0.3) is 16.6 Å². The van der Waals surface area contributed by atoms with Crippen LogP contribution in [0.1, 0.15) is 63.9 Å². The second kappa shape index (κ2) is 14.3. The number of halogens is 4. The fraction of sp³-hybridized carbons (Fsp3) is 0.312. The number of carbonyl (C=O) groups excluding carboxylic acids is 2. The Morgan fingerprint density at radius 1 is 0.762 bits per heavy atom. The Labute approximate surface area is 248 Å².